The number of anilines is 2. The molecule has 3 nitrogen and oxygen atoms in total. The van der Waals surface area contributed by atoms with Crippen LogP contribution in [-0.2, 0) is 0 Å². The highest BCUT2D eigenvalue weighted by atomic mass is 19.2. The number of piperidine rings is 1. The molecular formula is C19H17F5N2O. The third-order valence-corrected chi connectivity index (χ3v) is 4.71. The van der Waals surface area contributed by atoms with E-state index >= 15 is 0 Å². The molecular weight excluding hydrogens is 367 g/mol. The van der Waals surface area contributed by atoms with Gasteiger partial charge >= 0.3 is 0 Å². The summed E-state index contributed by atoms with van der Waals surface area (Å²) in [4.78, 5) is 14.2. The molecule has 0 unspecified atom stereocenters. The van der Waals surface area contributed by atoms with Gasteiger partial charge in [-0.3, -0.25) is 4.79 Å². The van der Waals surface area contributed by atoms with Crippen molar-refractivity contribution in [1.29, 1.82) is 0 Å². The molecule has 0 aliphatic carbocycles. The van der Waals surface area contributed by atoms with Crippen LogP contribution in [0.15, 0.2) is 24.3 Å². The maximum atomic E-state index is 13.7. The van der Waals surface area contributed by atoms with E-state index in [-0.39, 0.29) is 5.69 Å². The first-order valence-electron chi connectivity index (χ1n) is 8.47. The Bertz CT molecular complexity index is 832. The van der Waals surface area contributed by atoms with E-state index in [0.717, 1.165) is 31.6 Å². The van der Waals surface area contributed by atoms with Crippen LogP contribution in [0.1, 0.15) is 30.1 Å². The molecule has 144 valence electrons. The van der Waals surface area contributed by atoms with E-state index in [9.17, 15) is 26.7 Å². The first-order chi connectivity index (χ1) is 12.8. The monoisotopic (exact) mass is 384 g/mol. The van der Waals surface area contributed by atoms with Gasteiger partial charge in [0.1, 0.15) is 5.56 Å². The number of rotatable bonds is 3. The second-order valence-electron chi connectivity index (χ2n) is 6.62. The summed E-state index contributed by atoms with van der Waals surface area (Å²) >= 11 is 0. The average Bonchev–Trinajstić information content (AvgIpc) is 2.66. The smallest absolute Gasteiger partial charge is 0.261 e. The third kappa shape index (κ3) is 3.74. The van der Waals surface area contributed by atoms with Crippen molar-refractivity contribution in [3.8, 4) is 0 Å². The number of carbonyl (C=O) groups is 1. The van der Waals surface area contributed by atoms with Gasteiger partial charge in [-0.25, -0.2) is 22.0 Å². The first kappa shape index (κ1) is 19.1. The van der Waals surface area contributed by atoms with Crippen molar-refractivity contribution in [3.63, 3.8) is 0 Å². The Morgan fingerprint density at radius 3 is 1.89 bits per heavy atom. The minimum Gasteiger partial charge on any atom is -0.372 e. The summed E-state index contributed by atoms with van der Waals surface area (Å²) in [5, 5.41) is 2.16. The largest absolute Gasteiger partial charge is 0.372 e. The standard InChI is InChI=1S/C19H17F5N2O/c1-10-6-8-26(9-7-10)12-4-2-11(3-5-12)25-19(27)13-14(20)16(22)18(24)17(23)15(13)21/h2-5,10H,6-9H2,1H3,(H,25,27). The predicted molar refractivity (Wildman–Crippen MR) is 91.2 cm³/mol. The number of carbonyl (C=O) groups excluding carboxylic acids is 1. The molecule has 27 heavy (non-hydrogen) atoms. The molecule has 8 heteroatoms. The lowest BCUT2D eigenvalue weighted by Gasteiger charge is -2.32. The Morgan fingerprint density at radius 1 is 0.889 bits per heavy atom. The highest BCUT2D eigenvalue weighted by Gasteiger charge is 2.29. The van der Waals surface area contributed by atoms with Crippen LogP contribution in [0.3, 0.4) is 0 Å². The van der Waals surface area contributed by atoms with Crippen molar-refractivity contribution < 1.29 is 26.7 Å². The fourth-order valence-corrected chi connectivity index (χ4v) is 3.02. The minimum absolute atomic E-state index is 0.179. The second-order valence-corrected chi connectivity index (χ2v) is 6.62. The summed E-state index contributed by atoms with van der Waals surface area (Å²) in [6.45, 7) is 3.99. The molecule has 0 spiro atoms. The van der Waals surface area contributed by atoms with Crippen molar-refractivity contribution >= 4 is 17.3 Å². The SMILES string of the molecule is CC1CCN(c2ccc(NC(=O)c3c(F)c(F)c(F)c(F)c3F)cc2)CC1. The summed E-state index contributed by atoms with van der Waals surface area (Å²) in [5.41, 5.74) is -0.408. The fraction of sp³-hybridized carbons (Fsp3) is 0.316. The van der Waals surface area contributed by atoms with Crippen LogP contribution in [0, 0.1) is 35.0 Å². The molecule has 0 atom stereocenters. The van der Waals surface area contributed by atoms with E-state index < -0.39 is 40.6 Å². The average molecular weight is 384 g/mol. The van der Waals surface area contributed by atoms with Crippen molar-refractivity contribution in [2.45, 2.75) is 19.8 Å². The van der Waals surface area contributed by atoms with Gasteiger partial charge in [0.25, 0.3) is 5.91 Å². The Labute approximate surface area is 152 Å². The fourth-order valence-electron chi connectivity index (χ4n) is 3.02. The highest BCUT2D eigenvalue weighted by molar-refractivity contribution is 6.04. The molecule has 1 fully saturated rings. The maximum absolute atomic E-state index is 13.7. The lowest BCUT2D eigenvalue weighted by atomic mass is 9.99. The van der Waals surface area contributed by atoms with Crippen LogP contribution in [0.4, 0.5) is 33.3 Å². The quantitative estimate of drug-likeness (QED) is 0.465. The van der Waals surface area contributed by atoms with Crippen LogP contribution in [0.2, 0.25) is 0 Å². The summed E-state index contributed by atoms with van der Waals surface area (Å²) in [6.07, 6.45) is 2.14. The molecule has 0 saturated carbocycles. The first-order valence-corrected chi connectivity index (χ1v) is 8.47. The Hall–Kier alpha value is -2.64. The molecule has 1 heterocycles. The molecule has 0 bridgehead atoms. The molecule has 1 saturated heterocycles. The molecule has 2 aromatic carbocycles. The summed E-state index contributed by atoms with van der Waals surface area (Å²) in [7, 11) is 0. The number of nitrogens with one attached hydrogen (secondary N) is 1. The molecule has 1 amide bonds. The van der Waals surface area contributed by atoms with Crippen LogP contribution >= 0.6 is 0 Å². The van der Waals surface area contributed by atoms with Gasteiger partial charge in [-0.2, -0.15) is 0 Å². The van der Waals surface area contributed by atoms with Crippen LogP contribution in [-0.4, -0.2) is 19.0 Å². The lowest BCUT2D eigenvalue weighted by molar-refractivity contribution is 0.101. The second kappa shape index (κ2) is 7.54. The van der Waals surface area contributed by atoms with Crippen molar-refractivity contribution in [3.05, 3.63) is 58.9 Å². The molecule has 0 radical (unpaired) electrons. The van der Waals surface area contributed by atoms with Crippen molar-refractivity contribution in [2.75, 3.05) is 23.3 Å². The van der Waals surface area contributed by atoms with E-state index in [1.54, 1.807) is 12.1 Å². The third-order valence-electron chi connectivity index (χ3n) is 4.71. The van der Waals surface area contributed by atoms with Gasteiger partial charge in [-0.05, 0) is 43.0 Å². The van der Waals surface area contributed by atoms with Gasteiger partial charge in [0.2, 0.25) is 5.82 Å². The number of nitrogens with zero attached hydrogens (tertiary/aromatic N) is 1. The van der Waals surface area contributed by atoms with Gasteiger partial charge in [-0.15, -0.1) is 0 Å². The van der Waals surface area contributed by atoms with E-state index in [0.29, 0.717) is 5.92 Å². The van der Waals surface area contributed by atoms with Crippen molar-refractivity contribution in [2.24, 2.45) is 5.92 Å². The summed E-state index contributed by atoms with van der Waals surface area (Å²) in [6, 6.07) is 6.48. The van der Waals surface area contributed by atoms with Crippen LogP contribution < -0.4 is 10.2 Å². The number of hydrogen-bond donors (Lipinski definition) is 1. The zero-order chi connectivity index (χ0) is 19.7. The van der Waals surface area contributed by atoms with Gasteiger partial charge in [0.05, 0.1) is 0 Å². The normalized spacial score (nSPS) is 15.1. The maximum Gasteiger partial charge on any atom is 0.261 e. The number of amides is 1. The van der Waals surface area contributed by atoms with Gasteiger partial charge in [0.15, 0.2) is 23.3 Å². The van der Waals surface area contributed by atoms with Gasteiger partial charge in [0, 0.05) is 24.5 Å². The van der Waals surface area contributed by atoms with Crippen molar-refractivity contribution in [1.82, 2.24) is 0 Å². The number of hydrogen-bond acceptors (Lipinski definition) is 2. The molecule has 1 N–H and O–H groups in total. The number of benzene rings is 2. The topological polar surface area (TPSA) is 32.3 Å². The van der Waals surface area contributed by atoms with E-state index in [1.165, 1.54) is 12.1 Å². The number of halogens is 5. The predicted octanol–water partition coefficient (Wildman–Crippen LogP) is 4.87. The van der Waals surface area contributed by atoms with E-state index in [1.807, 2.05) is 0 Å². The van der Waals surface area contributed by atoms with Gasteiger partial charge in [-0.1, -0.05) is 6.92 Å². The molecule has 0 aromatic heterocycles. The van der Waals surface area contributed by atoms with Gasteiger partial charge < -0.3 is 10.2 Å². The van der Waals surface area contributed by atoms with E-state index in [2.05, 4.69) is 17.1 Å². The Morgan fingerprint density at radius 2 is 1.37 bits per heavy atom. The molecule has 2 aromatic rings. The molecule has 1 aliphatic heterocycles. The molecule has 3 rings (SSSR count). The minimum atomic E-state index is -2.30. The van der Waals surface area contributed by atoms with Crippen LogP contribution in [0.5, 0.6) is 0 Å². The van der Waals surface area contributed by atoms with E-state index in [4.69, 9.17) is 0 Å². The van der Waals surface area contributed by atoms with Crippen LogP contribution in [0.25, 0.3) is 0 Å². The molecule has 1 aliphatic rings. The summed E-state index contributed by atoms with van der Waals surface area (Å²) < 4.78 is 67.0. The zero-order valence-electron chi connectivity index (χ0n) is 14.5. The summed E-state index contributed by atoms with van der Waals surface area (Å²) in [5.74, 6) is -11.7. The zero-order valence-corrected chi connectivity index (χ0v) is 14.5. The Kier molecular flexibility index (Phi) is 5.34. The Balaban J connectivity index is 1.77. The highest BCUT2D eigenvalue weighted by Crippen LogP contribution is 2.26. The lowest BCUT2D eigenvalue weighted by Crippen LogP contribution is -2.32.